The normalized spacial score (nSPS) is 15.5. The molecule has 0 unspecified atom stereocenters. The Kier molecular flexibility index (Phi) is 7.20. The van der Waals surface area contributed by atoms with Crippen molar-refractivity contribution >= 4 is 17.6 Å². The molecule has 24 heavy (non-hydrogen) atoms. The summed E-state index contributed by atoms with van der Waals surface area (Å²) in [6.07, 6.45) is 2.25. The van der Waals surface area contributed by atoms with Gasteiger partial charge in [-0.05, 0) is 0 Å². The molecular formula is C16H27N4O4+. The molecule has 2 rings (SSSR count). The van der Waals surface area contributed by atoms with Gasteiger partial charge in [-0.3, -0.25) is 9.59 Å². The van der Waals surface area contributed by atoms with E-state index < -0.39 is 0 Å². The van der Waals surface area contributed by atoms with Crippen molar-refractivity contribution in [3.05, 3.63) is 12.3 Å². The van der Waals surface area contributed by atoms with E-state index in [0.29, 0.717) is 12.4 Å². The molecule has 1 saturated heterocycles. The van der Waals surface area contributed by atoms with E-state index in [2.05, 4.69) is 15.0 Å². The highest BCUT2D eigenvalue weighted by atomic mass is 16.5. The van der Waals surface area contributed by atoms with Gasteiger partial charge in [-0.1, -0.05) is 19.0 Å². The molecule has 1 aromatic rings. The average Bonchev–Trinajstić information content (AvgIpc) is 3.07. The monoisotopic (exact) mass is 339 g/mol. The molecule has 1 aromatic heterocycles. The highest BCUT2D eigenvalue weighted by Crippen LogP contribution is 2.05. The number of ether oxygens (including phenoxy) is 1. The Morgan fingerprint density at radius 1 is 1.38 bits per heavy atom. The number of hydrogen-bond acceptors (Lipinski definition) is 5. The van der Waals surface area contributed by atoms with Crippen molar-refractivity contribution < 1.29 is 23.7 Å². The Morgan fingerprint density at radius 3 is 2.75 bits per heavy atom. The van der Waals surface area contributed by atoms with Crippen LogP contribution < -0.4 is 10.2 Å². The van der Waals surface area contributed by atoms with Gasteiger partial charge in [-0.25, -0.2) is 0 Å². The number of nitrogens with zero attached hydrogens (tertiary/aromatic N) is 2. The summed E-state index contributed by atoms with van der Waals surface area (Å²) in [7, 11) is 0. The van der Waals surface area contributed by atoms with E-state index in [0.717, 1.165) is 39.3 Å². The minimum Gasteiger partial charge on any atom is -0.370 e. The van der Waals surface area contributed by atoms with Crippen molar-refractivity contribution in [1.82, 2.24) is 10.1 Å². The second-order valence-electron chi connectivity index (χ2n) is 6.31. The fourth-order valence-corrected chi connectivity index (χ4v) is 2.70. The zero-order chi connectivity index (χ0) is 17.4. The molecule has 0 aromatic carbocycles. The number of morpholine rings is 1. The van der Waals surface area contributed by atoms with Gasteiger partial charge in [0.15, 0.2) is 5.82 Å². The smallest absolute Gasteiger partial charge is 0.245 e. The quantitative estimate of drug-likeness (QED) is 0.660. The molecular weight excluding hydrogens is 312 g/mol. The third-order valence-corrected chi connectivity index (χ3v) is 4.00. The maximum atomic E-state index is 12.3. The van der Waals surface area contributed by atoms with Crippen molar-refractivity contribution in [2.45, 2.75) is 20.3 Å². The van der Waals surface area contributed by atoms with E-state index in [-0.39, 0.29) is 24.3 Å². The maximum absolute atomic E-state index is 12.3. The highest BCUT2D eigenvalue weighted by Gasteiger charge is 2.21. The van der Waals surface area contributed by atoms with Crippen LogP contribution in [0.1, 0.15) is 20.3 Å². The van der Waals surface area contributed by atoms with Crippen LogP contribution in [0, 0.1) is 5.92 Å². The van der Waals surface area contributed by atoms with Gasteiger partial charge in [0, 0.05) is 24.9 Å². The molecule has 0 atom stereocenters. The number of rotatable bonds is 8. The van der Waals surface area contributed by atoms with Crippen LogP contribution in [0.25, 0.3) is 0 Å². The Bertz CT molecular complexity index is 512. The molecule has 2 amide bonds. The number of carbonyl (C=O) groups is 2. The lowest BCUT2D eigenvalue weighted by atomic mass is 10.2. The first kappa shape index (κ1) is 18.4. The molecule has 0 aliphatic carbocycles. The number of quaternary nitrogens is 1. The van der Waals surface area contributed by atoms with Gasteiger partial charge >= 0.3 is 0 Å². The molecule has 8 nitrogen and oxygen atoms in total. The molecule has 1 aliphatic heterocycles. The van der Waals surface area contributed by atoms with Crippen LogP contribution in [0.4, 0.5) is 5.82 Å². The number of aromatic nitrogens is 1. The zero-order valence-electron chi connectivity index (χ0n) is 14.4. The summed E-state index contributed by atoms with van der Waals surface area (Å²) in [4.78, 5) is 27.6. The highest BCUT2D eigenvalue weighted by molar-refractivity contribution is 5.93. The number of amides is 2. The van der Waals surface area contributed by atoms with Gasteiger partial charge in [0.05, 0.1) is 26.3 Å². The molecule has 8 heteroatoms. The van der Waals surface area contributed by atoms with E-state index in [4.69, 9.17) is 4.74 Å². The first-order valence-corrected chi connectivity index (χ1v) is 8.46. The van der Waals surface area contributed by atoms with Crippen LogP contribution in [0.2, 0.25) is 0 Å². The van der Waals surface area contributed by atoms with Gasteiger partial charge in [-0.15, -0.1) is 0 Å². The molecule has 0 radical (unpaired) electrons. The standard InChI is InChI=1S/C16H26N4O4/c1-13(2)16(22)20(6-3-5-19-7-10-23-11-8-19)12-15(21)17-14-4-9-24-18-14/h4,9,13H,3,5-8,10-12H2,1-2H3,(H,17,18,21)/p+1. The zero-order valence-corrected chi connectivity index (χ0v) is 14.4. The molecule has 134 valence electrons. The molecule has 1 fully saturated rings. The Labute approximate surface area is 142 Å². The van der Waals surface area contributed by atoms with Crippen LogP contribution in [-0.4, -0.2) is 67.8 Å². The first-order valence-electron chi connectivity index (χ1n) is 8.46. The molecule has 2 heterocycles. The molecule has 0 bridgehead atoms. The predicted octanol–water partition coefficient (Wildman–Crippen LogP) is -0.597. The van der Waals surface area contributed by atoms with Gasteiger partial charge in [0.2, 0.25) is 11.8 Å². The number of hydrogen-bond donors (Lipinski definition) is 2. The Morgan fingerprint density at radius 2 is 2.12 bits per heavy atom. The fraction of sp³-hybridized carbons (Fsp3) is 0.688. The topological polar surface area (TPSA) is 89.1 Å². The van der Waals surface area contributed by atoms with Gasteiger partial charge < -0.3 is 24.4 Å². The molecule has 2 N–H and O–H groups in total. The van der Waals surface area contributed by atoms with Gasteiger partial charge in [0.25, 0.3) is 0 Å². The van der Waals surface area contributed by atoms with E-state index >= 15 is 0 Å². The lowest BCUT2D eigenvalue weighted by Crippen LogP contribution is -3.14. The van der Waals surface area contributed by atoms with E-state index in [1.165, 1.54) is 11.2 Å². The second kappa shape index (κ2) is 9.39. The lowest BCUT2D eigenvalue weighted by molar-refractivity contribution is -0.908. The average molecular weight is 339 g/mol. The molecule has 1 aliphatic rings. The van der Waals surface area contributed by atoms with Crippen LogP contribution in [0.15, 0.2) is 16.9 Å². The van der Waals surface area contributed by atoms with Crippen LogP contribution >= 0.6 is 0 Å². The Hall–Kier alpha value is -1.93. The van der Waals surface area contributed by atoms with Gasteiger partial charge in [0.1, 0.15) is 19.4 Å². The summed E-state index contributed by atoms with van der Waals surface area (Å²) in [6, 6.07) is 1.56. The first-order chi connectivity index (χ1) is 11.6. The fourth-order valence-electron chi connectivity index (χ4n) is 2.70. The number of anilines is 1. The minimum absolute atomic E-state index is 0.0118. The lowest BCUT2D eigenvalue weighted by Gasteiger charge is -2.27. The summed E-state index contributed by atoms with van der Waals surface area (Å²) in [5, 5.41) is 6.27. The minimum atomic E-state index is -0.267. The maximum Gasteiger partial charge on any atom is 0.245 e. The predicted molar refractivity (Wildman–Crippen MR) is 87.6 cm³/mol. The third-order valence-electron chi connectivity index (χ3n) is 4.00. The van der Waals surface area contributed by atoms with Crippen molar-refractivity contribution in [1.29, 1.82) is 0 Å². The summed E-state index contributed by atoms with van der Waals surface area (Å²) in [5.74, 6) is -0.0609. The third kappa shape index (κ3) is 5.93. The van der Waals surface area contributed by atoms with E-state index in [1.807, 2.05) is 13.8 Å². The van der Waals surface area contributed by atoms with Crippen molar-refractivity contribution in [2.24, 2.45) is 5.92 Å². The van der Waals surface area contributed by atoms with Crippen molar-refractivity contribution in [3.63, 3.8) is 0 Å². The largest absolute Gasteiger partial charge is 0.370 e. The van der Waals surface area contributed by atoms with Crippen molar-refractivity contribution in [3.8, 4) is 0 Å². The molecule has 0 saturated carbocycles. The van der Waals surface area contributed by atoms with E-state index in [1.54, 1.807) is 11.0 Å². The van der Waals surface area contributed by atoms with Crippen LogP contribution in [-0.2, 0) is 14.3 Å². The van der Waals surface area contributed by atoms with E-state index in [9.17, 15) is 9.59 Å². The number of carbonyl (C=O) groups excluding carboxylic acids is 2. The molecule has 0 spiro atoms. The summed E-state index contributed by atoms with van der Waals surface area (Å²) in [5.41, 5.74) is 0. The second-order valence-corrected chi connectivity index (χ2v) is 6.31. The summed E-state index contributed by atoms with van der Waals surface area (Å²) >= 11 is 0. The Balaban J connectivity index is 1.82. The number of nitrogens with one attached hydrogen (secondary N) is 2. The summed E-state index contributed by atoms with van der Waals surface area (Å²) in [6.45, 7) is 8.88. The van der Waals surface area contributed by atoms with Crippen LogP contribution in [0.5, 0.6) is 0 Å². The summed E-state index contributed by atoms with van der Waals surface area (Å²) < 4.78 is 10.0. The van der Waals surface area contributed by atoms with Crippen molar-refractivity contribution in [2.75, 3.05) is 51.3 Å². The van der Waals surface area contributed by atoms with Gasteiger partial charge in [-0.2, -0.15) is 0 Å². The SMILES string of the molecule is CC(C)C(=O)N(CCC[NH+]1CCOCC1)CC(=O)Nc1ccon1. The van der Waals surface area contributed by atoms with Crippen LogP contribution in [0.3, 0.4) is 0 Å².